The van der Waals surface area contributed by atoms with E-state index in [9.17, 15) is 0 Å². The summed E-state index contributed by atoms with van der Waals surface area (Å²) in [6.07, 6.45) is 0. The predicted octanol–water partition coefficient (Wildman–Crippen LogP) is 14.2. The molecule has 6 heteroatoms. The Labute approximate surface area is 362 Å². The molecular weight excluding hydrogens is 769 g/mol. The first-order valence-electron chi connectivity index (χ1n) is 21.3. The van der Waals surface area contributed by atoms with Crippen molar-refractivity contribution < 1.29 is 0 Å². The van der Waals surface area contributed by atoms with Crippen LogP contribution in [0.1, 0.15) is 0 Å². The molecule has 4 aromatic heterocycles. The topological polar surface area (TPSA) is 53.5 Å². The van der Waals surface area contributed by atoms with Gasteiger partial charge in [0.15, 0.2) is 11.6 Å². The van der Waals surface area contributed by atoms with E-state index in [0.29, 0.717) is 17.6 Å². The summed E-state index contributed by atoms with van der Waals surface area (Å²) in [6, 6.07) is 77.4. The smallest absolute Gasteiger partial charge is 0.238 e. The molecule has 0 N–H and O–H groups in total. The van der Waals surface area contributed by atoms with Crippen molar-refractivity contribution in [2.24, 2.45) is 0 Å². The van der Waals surface area contributed by atoms with Crippen molar-refractivity contribution in [2.45, 2.75) is 0 Å². The number of para-hydroxylation sites is 5. The van der Waals surface area contributed by atoms with Crippen molar-refractivity contribution in [1.82, 2.24) is 28.7 Å². The van der Waals surface area contributed by atoms with Gasteiger partial charge >= 0.3 is 0 Å². The minimum absolute atomic E-state index is 0.544. The quantitative estimate of drug-likeness (QED) is 0.168. The highest BCUT2D eigenvalue weighted by Crippen LogP contribution is 2.43. The molecule has 13 aromatic rings. The summed E-state index contributed by atoms with van der Waals surface area (Å²) in [7, 11) is 0. The Morgan fingerprint density at radius 3 is 1.27 bits per heavy atom. The highest BCUT2D eigenvalue weighted by Gasteiger charge is 2.24. The monoisotopic (exact) mass is 804 g/mol. The van der Waals surface area contributed by atoms with Crippen LogP contribution < -0.4 is 0 Å². The maximum Gasteiger partial charge on any atom is 0.238 e. The number of hydrogen-bond acceptors (Lipinski definition) is 3. The van der Waals surface area contributed by atoms with Gasteiger partial charge in [-0.3, -0.25) is 4.57 Å². The van der Waals surface area contributed by atoms with Crippen LogP contribution in [0.25, 0.3) is 117 Å². The minimum Gasteiger partial charge on any atom is -0.309 e. The molecule has 294 valence electrons. The van der Waals surface area contributed by atoms with E-state index >= 15 is 0 Å². The first-order valence-corrected chi connectivity index (χ1v) is 21.3. The van der Waals surface area contributed by atoms with E-state index in [1.54, 1.807) is 0 Å². The zero-order chi connectivity index (χ0) is 41.4. The molecule has 9 aromatic carbocycles. The van der Waals surface area contributed by atoms with Gasteiger partial charge in [-0.1, -0.05) is 170 Å². The molecule has 0 atom stereocenters. The number of rotatable bonds is 6. The molecule has 0 saturated heterocycles. The second-order valence-electron chi connectivity index (χ2n) is 16.0. The standard InChI is InChI=1S/C57H36N6/c1-3-18-37(19-4-1)39-22-17-23-40(34-39)56-58-55(38-20-5-2-6-21-38)59-57(60-56)63-51-33-16-11-28-46(51)54-52(62-49-31-14-9-26-44(49)45-27-10-15-32-50(45)62)35-41(36-53(54)63)61-47-29-12-7-24-42(47)43-25-8-13-30-48(43)61/h1-36H. The summed E-state index contributed by atoms with van der Waals surface area (Å²) in [5.41, 5.74) is 12.7. The van der Waals surface area contributed by atoms with Crippen molar-refractivity contribution in [3.8, 4) is 51.2 Å². The third-order valence-electron chi connectivity index (χ3n) is 12.5. The molecule has 4 heterocycles. The van der Waals surface area contributed by atoms with E-state index in [1.165, 1.54) is 21.5 Å². The highest BCUT2D eigenvalue weighted by molar-refractivity contribution is 6.17. The molecule has 63 heavy (non-hydrogen) atoms. The lowest BCUT2D eigenvalue weighted by atomic mass is 10.0. The van der Waals surface area contributed by atoms with E-state index in [0.717, 1.165) is 77.5 Å². The van der Waals surface area contributed by atoms with Crippen LogP contribution >= 0.6 is 0 Å². The predicted molar refractivity (Wildman–Crippen MR) is 259 cm³/mol. The first kappa shape index (κ1) is 35.2. The van der Waals surface area contributed by atoms with Crippen LogP contribution in [0.15, 0.2) is 218 Å². The molecule has 0 aliphatic rings. The Bertz CT molecular complexity index is 3810. The number of hydrogen-bond donors (Lipinski definition) is 0. The molecule has 0 saturated carbocycles. The van der Waals surface area contributed by atoms with Crippen molar-refractivity contribution in [3.05, 3.63) is 218 Å². The number of benzene rings is 9. The van der Waals surface area contributed by atoms with E-state index in [2.05, 4.69) is 208 Å². The van der Waals surface area contributed by atoms with Crippen LogP contribution in [-0.4, -0.2) is 28.7 Å². The molecule has 0 bridgehead atoms. The van der Waals surface area contributed by atoms with Crippen LogP contribution in [0, 0.1) is 0 Å². The Morgan fingerprint density at radius 1 is 0.270 bits per heavy atom. The van der Waals surface area contributed by atoms with Crippen molar-refractivity contribution in [1.29, 1.82) is 0 Å². The van der Waals surface area contributed by atoms with Gasteiger partial charge in [0.05, 0.1) is 44.5 Å². The van der Waals surface area contributed by atoms with Crippen LogP contribution in [0.2, 0.25) is 0 Å². The van der Waals surface area contributed by atoms with Crippen LogP contribution in [0.3, 0.4) is 0 Å². The van der Waals surface area contributed by atoms with Gasteiger partial charge < -0.3 is 9.13 Å². The summed E-state index contributed by atoms with van der Waals surface area (Å²) in [6.45, 7) is 0. The van der Waals surface area contributed by atoms with Crippen molar-refractivity contribution in [3.63, 3.8) is 0 Å². The van der Waals surface area contributed by atoms with E-state index < -0.39 is 0 Å². The summed E-state index contributed by atoms with van der Waals surface area (Å²) < 4.78 is 7.11. The van der Waals surface area contributed by atoms with Crippen LogP contribution in [-0.2, 0) is 0 Å². The lowest BCUT2D eigenvalue weighted by Crippen LogP contribution is -2.07. The lowest BCUT2D eigenvalue weighted by Gasteiger charge is -2.16. The fraction of sp³-hybridized carbons (Fsp3) is 0. The number of aromatic nitrogens is 6. The molecule has 0 unspecified atom stereocenters. The molecule has 0 spiro atoms. The largest absolute Gasteiger partial charge is 0.309 e. The second-order valence-corrected chi connectivity index (χ2v) is 16.0. The second kappa shape index (κ2) is 14.0. The summed E-state index contributed by atoms with van der Waals surface area (Å²) in [5, 5.41) is 7.04. The lowest BCUT2D eigenvalue weighted by molar-refractivity contribution is 0.952. The SMILES string of the molecule is c1ccc(-c2cccc(-c3nc(-c4ccccc4)nc(-n4c5ccccc5c5c(-n6c7ccccc7c7ccccc76)cc(-n6c7ccccc7c7ccccc76)cc54)n3)c2)cc1. The normalized spacial score (nSPS) is 11.8. The van der Waals surface area contributed by atoms with E-state index in [1.807, 2.05) is 24.3 Å². The highest BCUT2D eigenvalue weighted by atomic mass is 15.2. The zero-order valence-electron chi connectivity index (χ0n) is 34.0. The molecule has 6 nitrogen and oxygen atoms in total. The molecule has 13 rings (SSSR count). The van der Waals surface area contributed by atoms with Gasteiger partial charge in [0.2, 0.25) is 5.95 Å². The van der Waals surface area contributed by atoms with Gasteiger partial charge in [0.1, 0.15) is 0 Å². The summed E-state index contributed by atoms with van der Waals surface area (Å²) >= 11 is 0. The van der Waals surface area contributed by atoms with Gasteiger partial charge in [-0.25, -0.2) is 4.98 Å². The number of nitrogens with zero attached hydrogens (tertiary/aromatic N) is 6. The van der Waals surface area contributed by atoms with Crippen LogP contribution in [0.4, 0.5) is 0 Å². The summed E-state index contributed by atoms with van der Waals surface area (Å²) in [4.78, 5) is 16.0. The molecule has 0 aliphatic carbocycles. The minimum atomic E-state index is 0.544. The van der Waals surface area contributed by atoms with Gasteiger partial charge in [0.25, 0.3) is 0 Å². The van der Waals surface area contributed by atoms with Crippen molar-refractivity contribution >= 4 is 65.4 Å². The molecule has 0 amide bonds. The Hall–Kier alpha value is -8.61. The third kappa shape index (κ3) is 5.48. The average Bonchev–Trinajstić information content (AvgIpc) is 4.00. The van der Waals surface area contributed by atoms with Gasteiger partial charge in [0, 0.05) is 43.4 Å². The van der Waals surface area contributed by atoms with E-state index in [4.69, 9.17) is 15.0 Å². The third-order valence-corrected chi connectivity index (χ3v) is 12.5. The molecular formula is C57H36N6. The summed E-state index contributed by atoms with van der Waals surface area (Å²) in [5.74, 6) is 1.75. The van der Waals surface area contributed by atoms with Gasteiger partial charge in [-0.2, -0.15) is 9.97 Å². The molecule has 0 radical (unpaired) electrons. The number of fused-ring (bicyclic) bond motifs is 9. The van der Waals surface area contributed by atoms with Crippen molar-refractivity contribution in [2.75, 3.05) is 0 Å². The Kier molecular flexibility index (Phi) is 7.80. The maximum absolute atomic E-state index is 5.42. The van der Waals surface area contributed by atoms with E-state index in [-0.39, 0.29) is 0 Å². The molecule has 0 fully saturated rings. The zero-order valence-corrected chi connectivity index (χ0v) is 34.0. The molecule has 0 aliphatic heterocycles. The average molecular weight is 805 g/mol. The Balaban J connectivity index is 1.18. The fourth-order valence-electron chi connectivity index (χ4n) is 9.74. The van der Waals surface area contributed by atoms with Gasteiger partial charge in [-0.15, -0.1) is 0 Å². The maximum atomic E-state index is 5.42. The van der Waals surface area contributed by atoms with Crippen LogP contribution in [0.5, 0.6) is 0 Å². The Morgan fingerprint density at radius 2 is 0.698 bits per heavy atom. The first-order chi connectivity index (χ1) is 31.3. The van der Waals surface area contributed by atoms with Gasteiger partial charge in [-0.05, 0) is 59.7 Å². The fourth-order valence-corrected chi connectivity index (χ4v) is 9.74.